The van der Waals surface area contributed by atoms with Crippen molar-refractivity contribution >= 4 is 43.5 Å². The van der Waals surface area contributed by atoms with Crippen molar-refractivity contribution in [3.05, 3.63) is 56.7 Å². The largest absolute Gasteiger partial charge is 0.483 e. The molecule has 3 nitrogen and oxygen atoms in total. The normalized spacial score (nSPS) is 11.2. The molecule has 0 radical (unpaired) electrons. The van der Waals surface area contributed by atoms with E-state index in [-0.39, 0.29) is 17.7 Å². The van der Waals surface area contributed by atoms with Gasteiger partial charge in [-0.3, -0.25) is 4.79 Å². The summed E-state index contributed by atoms with van der Waals surface area (Å²) >= 11 is 6.62. The standard InChI is InChI=1S/C18H18Br2FNO2/c1-18(2,3)13-8-11(19)5-7-16(13)24-10-17(23)22-15-6-4-12(20)9-14(15)21/h4-9H,10H2,1-3H3,(H,22,23). The summed E-state index contributed by atoms with van der Waals surface area (Å²) in [4.78, 5) is 12.0. The predicted octanol–water partition coefficient (Wildman–Crippen LogP) is 5.67. The Morgan fingerprint density at radius 3 is 2.38 bits per heavy atom. The Morgan fingerprint density at radius 2 is 1.75 bits per heavy atom. The van der Waals surface area contributed by atoms with Crippen molar-refractivity contribution in [2.45, 2.75) is 26.2 Å². The van der Waals surface area contributed by atoms with Crippen LogP contribution in [0.25, 0.3) is 0 Å². The Balaban J connectivity index is 2.07. The molecule has 0 unspecified atom stereocenters. The summed E-state index contributed by atoms with van der Waals surface area (Å²) in [6.45, 7) is 6.01. The van der Waals surface area contributed by atoms with E-state index in [9.17, 15) is 9.18 Å². The number of rotatable bonds is 4. The number of hydrogen-bond donors (Lipinski definition) is 1. The lowest BCUT2D eigenvalue weighted by Crippen LogP contribution is -2.22. The molecule has 1 amide bonds. The van der Waals surface area contributed by atoms with E-state index >= 15 is 0 Å². The lowest BCUT2D eigenvalue weighted by molar-refractivity contribution is -0.118. The van der Waals surface area contributed by atoms with Gasteiger partial charge in [-0.25, -0.2) is 4.39 Å². The van der Waals surface area contributed by atoms with E-state index in [4.69, 9.17) is 4.74 Å². The molecule has 0 spiro atoms. The minimum Gasteiger partial charge on any atom is -0.483 e. The van der Waals surface area contributed by atoms with Crippen LogP contribution in [0, 0.1) is 5.82 Å². The molecule has 0 atom stereocenters. The highest BCUT2D eigenvalue weighted by molar-refractivity contribution is 9.10. The molecule has 0 aliphatic rings. The number of anilines is 1. The minimum atomic E-state index is -0.503. The molecule has 0 saturated heterocycles. The number of hydrogen-bond acceptors (Lipinski definition) is 2. The molecule has 0 fully saturated rings. The number of nitrogens with one attached hydrogen (secondary N) is 1. The first-order chi connectivity index (χ1) is 11.2. The minimum absolute atomic E-state index is 0.124. The Hall–Kier alpha value is -1.40. The van der Waals surface area contributed by atoms with Crippen LogP contribution in [-0.4, -0.2) is 12.5 Å². The van der Waals surface area contributed by atoms with Gasteiger partial charge >= 0.3 is 0 Å². The summed E-state index contributed by atoms with van der Waals surface area (Å²) in [6.07, 6.45) is 0. The number of ether oxygens (including phenoxy) is 1. The molecule has 6 heteroatoms. The van der Waals surface area contributed by atoms with Crippen molar-refractivity contribution in [1.29, 1.82) is 0 Å². The fraction of sp³-hybridized carbons (Fsp3) is 0.278. The third-order valence-corrected chi connectivity index (χ3v) is 4.30. The first-order valence-corrected chi connectivity index (χ1v) is 8.93. The number of halogens is 3. The van der Waals surface area contributed by atoms with Gasteiger partial charge in [-0.15, -0.1) is 0 Å². The van der Waals surface area contributed by atoms with E-state index in [2.05, 4.69) is 57.9 Å². The average molecular weight is 459 g/mol. The highest BCUT2D eigenvalue weighted by atomic mass is 79.9. The van der Waals surface area contributed by atoms with E-state index in [1.807, 2.05) is 18.2 Å². The summed E-state index contributed by atoms with van der Waals surface area (Å²) < 4.78 is 21.0. The summed E-state index contributed by atoms with van der Waals surface area (Å²) in [5.41, 5.74) is 0.978. The molecular formula is C18H18Br2FNO2. The van der Waals surface area contributed by atoms with Crippen LogP contribution in [0.5, 0.6) is 5.75 Å². The molecule has 2 aromatic carbocycles. The number of benzene rings is 2. The van der Waals surface area contributed by atoms with Crippen molar-refractivity contribution in [2.24, 2.45) is 0 Å². The van der Waals surface area contributed by atoms with Gasteiger partial charge in [0.05, 0.1) is 5.69 Å². The van der Waals surface area contributed by atoms with Gasteiger partial charge in [0.15, 0.2) is 6.61 Å². The SMILES string of the molecule is CC(C)(C)c1cc(Br)ccc1OCC(=O)Nc1ccc(Br)cc1F. The summed E-state index contributed by atoms with van der Waals surface area (Å²) in [6, 6.07) is 10.1. The smallest absolute Gasteiger partial charge is 0.262 e. The molecule has 1 N–H and O–H groups in total. The van der Waals surface area contributed by atoms with Crippen molar-refractivity contribution in [2.75, 3.05) is 11.9 Å². The molecule has 24 heavy (non-hydrogen) atoms. The van der Waals surface area contributed by atoms with Crippen LogP contribution in [0.2, 0.25) is 0 Å². The van der Waals surface area contributed by atoms with Gasteiger partial charge in [0.2, 0.25) is 0 Å². The van der Waals surface area contributed by atoms with Gasteiger partial charge in [-0.1, -0.05) is 52.6 Å². The van der Waals surface area contributed by atoms with Crippen LogP contribution in [0.3, 0.4) is 0 Å². The van der Waals surface area contributed by atoms with Crippen molar-refractivity contribution < 1.29 is 13.9 Å². The maximum atomic E-state index is 13.7. The van der Waals surface area contributed by atoms with Gasteiger partial charge in [0, 0.05) is 14.5 Å². The van der Waals surface area contributed by atoms with E-state index in [1.54, 1.807) is 6.07 Å². The quantitative estimate of drug-likeness (QED) is 0.641. The molecule has 2 aromatic rings. The van der Waals surface area contributed by atoms with Gasteiger partial charge in [0.1, 0.15) is 11.6 Å². The number of carbonyl (C=O) groups is 1. The lowest BCUT2D eigenvalue weighted by Gasteiger charge is -2.23. The Kier molecular flexibility index (Phi) is 6.04. The first kappa shape index (κ1) is 18.9. The molecule has 0 heterocycles. The second kappa shape index (κ2) is 7.66. The monoisotopic (exact) mass is 457 g/mol. The third-order valence-electron chi connectivity index (χ3n) is 3.31. The zero-order chi connectivity index (χ0) is 17.9. The van der Waals surface area contributed by atoms with Crippen molar-refractivity contribution in [3.63, 3.8) is 0 Å². The maximum Gasteiger partial charge on any atom is 0.262 e. The molecule has 0 saturated carbocycles. The van der Waals surface area contributed by atoms with Crippen LogP contribution in [0.1, 0.15) is 26.3 Å². The van der Waals surface area contributed by atoms with E-state index in [0.29, 0.717) is 10.2 Å². The number of amides is 1. The van der Waals surface area contributed by atoms with Crippen LogP contribution in [0.15, 0.2) is 45.3 Å². The molecule has 0 aliphatic carbocycles. The highest BCUT2D eigenvalue weighted by Crippen LogP contribution is 2.33. The summed E-state index contributed by atoms with van der Waals surface area (Å²) in [7, 11) is 0. The van der Waals surface area contributed by atoms with Crippen LogP contribution in [0.4, 0.5) is 10.1 Å². The number of carbonyl (C=O) groups excluding carboxylic acids is 1. The zero-order valence-electron chi connectivity index (χ0n) is 13.6. The predicted molar refractivity (Wildman–Crippen MR) is 101 cm³/mol. The third kappa shape index (κ3) is 5.05. The fourth-order valence-electron chi connectivity index (χ4n) is 2.13. The Morgan fingerprint density at radius 1 is 1.12 bits per heavy atom. The van der Waals surface area contributed by atoms with E-state index < -0.39 is 11.7 Å². The van der Waals surface area contributed by atoms with Gasteiger partial charge < -0.3 is 10.1 Å². The Labute approximate surface area is 157 Å². The van der Waals surface area contributed by atoms with Gasteiger partial charge in [0.25, 0.3) is 5.91 Å². The summed E-state index contributed by atoms with van der Waals surface area (Å²) in [5.74, 6) is -0.284. The fourth-order valence-corrected chi connectivity index (χ4v) is 2.83. The average Bonchev–Trinajstić information content (AvgIpc) is 2.48. The van der Waals surface area contributed by atoms with Crippen LogP contribution >= 0.6 is 31.9 Å². The summed E-state index contributed by atoms with van der Waals surface area (Å²) in [5, 5.41) is 2.51. The van der Waals surface area contributed by atoms with E-state index in [1.165, 1.54) is 12.1 Å². The van der Waals surface area contributed by atoms with Gasteiger partial charge in [-0.2, -0.15) is 0 Å². The topological polar surface area (TPSA) is 38.3 Å². The molecule has 0 bridgehead atoms. The molecule has 2 rings (SSSR count). The van der Waals surface area contributed by atoms with Crippen LogP contribution in [-0.2, 0) is 10.2 Å². The molecular weight excluding hydrogens is 441 g/mol. The second-order valence-corrected chi connectivity index (χ2v) is 8.18. The first-order valence-electron chi connectivity index (χ1n) is 7.34. The second-order valence-electron chi connectivity index (χ2n) is 6.35. The molecule has 0 aromatic heterocycles. The highest BCUT2D eigenvalue weighted by Gasteiger charge is 2.20. The molecule has 128 valence electrons. The van der Waals surface area contributed by atoms with E-state index in [0.717, 1.165) is 10.0 Å². The lowest BCUT2D eigenvalue weighted by atomic mass is 9.86. The van der Waals surface area contributed by atoms with Gasteiger partial charge in [-0.05, 0) is 41.8 Å². The van der Waals surface area contributed by atoms with Crippen LogP contribution < -0.4 is 10.1 Å². The maximum absolute atomic E-state index is 13.7. The van der Waals surface area contributed by atoms with Crippen molar-refractivity contribution in [3.8, 4) is 5.75 Å². The molecule has 0 aliphatic heterocycles. The Bertz CT molecular complexity index is 757. The zero-order valence-corrected chi connectivity index (χ0v) is 16.8. The van der Waals surface area contributed by atoms with Crippen molar-refractivity contribution in [1.82, 2.24) is 0 Å².